The molecular weight excluding hydrogens is 674 g/mol. The zero-order valence-corrected chi connectivity index (χ0v) is 30.1. The van der Waals surface area contributed by atoms with Gasteiger partial charge in [-0.05, 0) is 94.6 Å². The molecule has 0 aliphatic carbocycles. The molecule has 0 unspecified atom stereocenters. The van der Waals surface area contributed by atoms with Crippen LogP contribution < -0.4 is 9.46 Å². The van der Waals surface area contributed by atoms with Crippen LogP contribution in [0.1, 0.15) is 56.0 Å². The number of nitrogens with zero attached hydrogens (tertiary/aromatic N) is 2. The molecule has 0 aromatic heterocycles. The van der Waals surface area contributed by atoms with Gasteiger partial charge in [-0.25, -0.2) is 21.2 Å². The zero-order valence-electron chi connectivity index (χ0n) is 28.5. The number of nitrogens with one attached hydrogen (secondary N) is 1. The van der Waals surface area contributed by atoms with Gasteiger partial charge in [0.05, 0.1) is 40.2 Å². The minimum Gasteiger partial charge on any atom is -0.490 e. The number of aliphatic hydroxyl groups is 1. The van der Waals surface area contributed by atoms with E-state index in [1.54, 1.807) is 25.1 Å². The van der Waals surface area contributed by atoms with Crippen LogP contribution in [0.15, 0.2) is 76.5 Å². The Hall–Kier alpha value is -3.56. The smallest absolute Gasteiger partial charge is 0.261 e. The van der Waals surface area contributed by atoms with Gasteiger partial charge in [-0.3, -0.25) is 9.52 Å². The summed E-state index contributed by atoms with van der Waals surface area (Å²) in [7, 11) is -6.53. The molecule has 1 aliphatic rings. The number of likely N-dealkylation sites (N-methyl/N-ethyl adjacent to an activating group) is 1. The average molecular weight is 720 g/mol. The van der Waals surface area contributed by atoms with E-state index in [0.29, 0.717) is 19.4 Å². The van der Waals surface area contributed by atoms with Crippen LogP contribution in [0.5, 0.6) is 5.75 Å². The Bertz CT molecular complexity index is 1790. The van der Waals surface area contributed by atoms with E-state index in [9.17, 15) is 31.1 Å². The summed E-state index contributed by atoms with van der Waals surface area (Å²) in [5.74, 6) is -1.20. The second-order valence-electron chi connectivity index (χ2n) is 12.7. The first-order valence-corrected chi connectivity index (χ1v) is 19.2. The highest BCUT2D eigenvalue weighted by molar-refractivity contribution is 7.92. The fourth-order valence-corrected chi connectivity index (χ4v) is 7.75. The van der Waals surface area contributed by atoms with Crippen molar-refractivity contribution in [1.82, 2.24) is 9.21 Å². The highest BCUT2D eigenvalue weighted by Gasteiger charge is 2.32. The molecule has 49 heavy (non-hydrogen) atoms. The first kappa shape index (κ1) is 38.2. The van der Waals surface area contributed by atoms with Crippen LogP contribution in [0.4, 0.5) is 10.1 Å². The quantitative estimate of drug-likeness (QED) is 0.313. The third-order valence-corrected chi connectivity index (χ3v) is 11.8. The van der Waals surface area contributed by atoms with Crippen molar-refractivity contribution in [2.75, 3.05) is 38.1 Å². The first-order chi connectivity index (χ1) is 23.1. The highest BCUT2D eigenvalue weighted by Crippen LogP contribution is 2.30. The number of hydrogen-bond donors (Lipinski definition) is 2. The largest absolute Gasteiger partial charge is 0.490 e. The van der Waals surface area contributed by atoms with Gasteiger partial charge in [0.2, 0.25) is 10.0 Å². The fraction of sp³-hybridized carbons (Fsp3) is 0.457. The molecule has 2 N–H and O–H groups in total. The van der Waals surface area contributed by atoms with Gasteiger partial charge < -0.3 is 19.5 Å². The zero-order chi connectivity index (χ0) is 35.9. The van der Waals surface area contributed by atoms with Gasteiger partial charge in [0.25, 0.3) is 15.9 Å². The van der Waals surface area contributed by atoms with E-state index in [1.807, 2.05) is 20.8 Å². The van der Waals surface area contributed by atoms with Crippen LogP contribution >= 0.6 is 0 Å². The number of amides is 1. The van der Waals surface area contributed by atoms with E-state index in [0.717, 1.165) is 28.4 Å². The monoisotopic (exact) mass is 719 g/mol. The van der Waals surface area contributed by atoms with Gasteiger partial charge in [-0.2, -0.15) is 4.31 Å². The van der Waals surface area contributed by atoms with Crippen LogP contribution in [0.25, 0.3) is 0 Å². The van der Waals surface area contributed by atoms with Crippen LogP contribution in [0.2, 0.25) is 0 Å². The number of aryl methyl sites for hydroxylation is 1. The van der Waals surface area contributed by atoms with Crippen molar-refractivity contribution in [3.63, 3.8) is 0 Å². The van der Waals surface area contributed by atoms with Crippen molar-refractivity contribution in [2.45, 2.75) is 75.0 Å². The molecule has 4 rings (SSSR count). The fourth-order valence-electron chi connectivity index (χ4n) is 5.52. The lowest BCUT2D eigenvalue weighted by atomic mass is 10.0. The van der Waals surface area contributed by atoms with E-state index < -0.39 is 49.8 Å². The lowest BCUT2D eigenvalue weighted by molar-refractivity contribution is -0.00834. The van der Waals surface area contributed by atoms with Crippen LogP contribution in [-0.2, 0) is 24.8 Å². The molecule has 268 valence electrons. The molecule has 0 saturated carbocycles. The number of carbonyl (C=O) groups is 1. The van der Waals surface area contributed by atoms with Crippen molar-refractivity contribution in [1.29, 1.82) is 0 Å². The van der Waals surface area contributed by atoms with Crippen molar-refractivity contribution in [3.8, 4) is 5.75 Å². The van der Waals surface area contributed by atoms with E-state index in [4.69, 9.17) is 9.47 Å². The topological polar surface area (TPSA) is 143 Å². The Morgan fingerprint density at radius 3 is 2.31 bits per heavy atom. The van der Waals surface area contributed by atoms with Crippen LogP contribution in [0.3, 0.4) is 0 Å². The van der Waals surface area contributed by atoms with Crippen molar-refractivity contribution in [3.05, 3.63) is 83.7 Å². The summed E-state index contributed by atoms with van der Waals surface area (Å²) >= 11 is 0. The number of benzene rings is 3. The van der Waals surface area contributed by atoms with Gasteiger partial charge in [-0.1, -0.05) is 24.6 Å². The standard InChI is InChI=1S/C35H46FN3O8S2/c1-24-9-14-30(15-10-24)48(42,43)37-29-13-18-33-32(20-29)35(41)39(26(3)23-40)21-25(2)34(46-19-7-6-8-27(4)47-33)22-38(5)49(44,45)31-16-11-28(36)12-17-31/h9-18,20,25-27,34,37,40H,6-8,19,21-23H2,1-5H3/t25-,26+,27-,34+/m1/s1. The Balaban J connectivity index is 1.67. The van der Waals surface area contributed by atoms with Gasteiger partial charge in [0.1, 0.15) is 11.6 Å². The number of sulfonamides is 2. The van der Waals surface area contributed by atoms with E-state index in [-0.39, 0.29) is 52.6 Å². The number of rotatable bonds is 9. The minimum absolute atomic E-state index is 0.0442. The molecule has 3 aromatic carbocycles. The predicted molar refractivity (Wildman–Crippen MR) is 185 cm³/mol. The molecule has 11 nitrogen and oxygen atoms in total. The predicted octanol–water partition coefficient (Wildman–Crippen LogP) is 5.05. The van der Waals surface area contributed by atoms with Crippen molar-refractivity contribution < 1.29 is 40.6 Å². The summed E-state index contributed by atoms with van der Waals surface area (Å²) in [6.45, 7) is 7.26. The lowest BCUT2D eigenvalue weighted by Gasteiger charge is -2.35. The first-order valence-electron chi connectivity index (χ1n) is 16.3. The minimum atomic E-state index is -3.98. The molecule has 0 bridgehead atoms. The highest BCUT2D eigenvalue weighted by atomic mass is 32.2. The normalized spacial score (nSPS) is 20.6. The van der Waals surface area contributed by atoms with E-state index >= 15 is 0 Å². The summed E-state index contributed by atoms with van der Waals surface area (Å²) < 4.78 is 82.8. The number of carbonyl (C=O) groups excluding carboxylic acids is 1. The Kier molecular flexibility index (Phi) is 12.8. The average Bonchev–Trinajstić information content (AvgIpc) is 3.06. The summed E-state index contributed by atoms with van der Waals surface area (Å²) in [6, 6.07) is 14.8. The molecule has 14 heteroatoms. The maximum Gasteiger partial charge on any atom is 0.261 e. The third-order valence-electron chi connectivity index (χ3n) is 8.59. The summed E-state index contributed by atoms with van der Waals surface area (Å²) in [5, 5.41) is 10.2. The molecule has 0 radical (unpaired) electrons. The van der Waals surface area contributed by atoms with E-state index in [1.165, 1.54) is 48.3 Å². The maximum atomic E-state index is 14.4. The Labute approximate surface area is 289 Å². The molecule has 0 spiro atoms. The van der Waals surface area contributed by atoms with Crippen LogP contribution in [0, 0.1) is 18.7 Å². The Morgan fingerprint density at radius 1 is 1.00 bits per heavy atom. The SMILES string of the molecule is Cc1ccc(S(=O)(=O)Nc2ccc3c(c2)C(=O)N([C@@H](C)CO)C[C@@H](C)[C@H](CN(C)S(=O)(=O)c2ccc(F)cc2)OCCCC[C@@H](C)O3)cc1. The summed E-state index contributed by atoms with van der Waals surface area (Å²) in [6.07, 6.45) is 1.10. The number of halogens is 1. The molecule has 0 fully saturated rings. The number of hydrogen-bond acceptors (Lipinski definition) is 8. The number of anilines is 1. The van der Waals surface area contributed by atoms with Crippen molar-refractivity contribution >= 4 is 31.6 Å². The lowest BCUT2D eigenvalue weighted by Crippen LogP contribution is -2.48. The number of fused-ring (bicyclic) bond motifs is 1. The molecule has 1 aliphatic heterocycles. The second kappa shape index (κ2) is 16.4. The summed E-state index contributed by atoms with van der Waals surface area (Å²) in [5.41, 5.74) is 1.17. The second-order valence-corrected chi connectivity index (χ2v) is 16.4. The van der Waals surface area contributed by atoms with Crippen LogP contribution in [-0.4, -0.2) is 88.7 Å². The number of ether oxygens (including phenoxy) is 2. The van der Waals surface area contributed by atoms with Gasteiger partial charge >= 0.3 is 0 Å². The third kappa shape index (κ3) is 9.79. The Morgan fingerprint density at radius 2 is 1.65 bits per heavy atom. The molecule has 3 aromatic rings. The molecule has 1 heterocycles. The molecular formula is C35H46FN3O8S2. The maximum absolute atomic E-state index is 14.4. The summed E-state index contributed by atoms with van der Waals surface area (Å²) in [4.78, 5) is 15.8. The van der Waals surface area contributed by atoms with E-state index in [2.05, 4.69) is 4.72 Å². The van der Waals surface area contributed by atoms with Gasteiger partial charge in [0.15, 0.2) is 0 Å². The molecule has 1 amide bonds. The number of aliphatic hydroxyl groups excluding tert-OH is 1. The molecule has 4 atom stereocenters. The van der Waals surface area contributed by atoms with Crippen molar-refractivity contribution in [2.24, 2.45) is 5.92 Å². The van der Waals surface area contributed by atoms with Gasteiger partial charge in [-0.15, -0.1) is 0 Å². The van der Waals surface area contributed by atoms with Gasteiger partial charge in [0, 0.05) is 38.3 Å². The molecule has 0 saturated heterocycles.